The van der Waals surface area contributed by atoms with Gasteiger partial charge >= 0.3 is 0 Å². The molecule has 2 fully saturated rings. The van der Waals surface area contributed by atoms with E-state index in [1.54, 1.807) is 0 Å². The van der Waals surface area contributed by atoms with Crippen LogP contribution in [0, 0.1) is 12.8 Å². The first-order chi connectivity index (χ1) is 10.0. The van der Waals surface area contributed by atoms with Crippen LogP contribution in [0.1, 0.15) is 43.7 Å². The van der Waals surface area contributed by atoms with Crippen molar-refractivity contribution in [3.63, 3.8) is 0 Å². The maximum absolute atomic E-state index is 6.84. The molecule has 0 aliphatic carbocycles. The molecule has 2 saturated heterocycles. The summed E-state index contributed by atoms with van der Waals surface area (Å²) in [6, 6.07) is 8.58. The minimum atomic E-state index is -0.257. The van der Waals surface area contributed by atoms with Gasteiger partial charge in [0.25, 0.3) is 0 Å². The van der Waals surface area contributed by atoms with Crippen molar-refractivity contribution in [2.24, 2.45) is 11.7 Å². The smallest absolute Gasteiger partial charge is 0.0701 e. The van der Waals surface area contributed by atoms with Crippen LogP contribution in [0.5, 0.6) is 0 Å². The molecule has 0 saturated carbocycles. The molecule has 1 spiro atoms. The van der Waals surface area contributed by atoms with Gasteiger partial charge in [-0.15, -0.1) is 0 Å². The summed E-state index contributed by atoms with van der Waals surface area (Å²) in [7, 11) is 0. The maximum Gasteiger partial charge on any atom is 0.0701 e. The van der Waals surface area contributed by atoms with Crippen LogP contribution < -0.4 is 5.73 Å². The summed E-state index contributed by atoms with van der Waals surface area (Å²) < 4.78 is 6.23. The molecule has 3 heteroatoms. The average molecular weight is 305 g/mol. The van der Waals surface area contributed by atoms with Crippen LogP contribution in [-0.2, 0) is 10.3 Å². The average Bonchev–Trinajstić information content (AvgIpc) is 2.48. The molecule has 0 aromatic heterocycles. The summed E-state index contributed by atoms with van der Waals surface area (Å²) in [5.41, 5.74) is 9.30. The number of hydrogen-bond acceptors (Lipinski definition) is 3. The van der Waals surface area contributed by atoms with Crippen molar-refractivity contribution in [3.8, 4) is 0 Å². The van der Waals surface area contributed by atoms with Crippen molar-refractivity contribution >= 4 is 11.8 Å². The largest absolute Gasteiger partial charge is 0.375 e. The zero-order valence-electron chi connectivity index (χ0n) is 13.2. The second kappa shape index (κ2) is 5.94. The predicted molar refractivity (Wildman–Crippen MR) is 90.7 cm³/mol. The van der Waals surface area contributed by atoms with Crippen molar-refractivity contribution in [1.29, 1.82) is 0 Å². The molecular formula is C18H27NOS. The van der Waals surface area contributed by atoms with E-state index in [1.807, 2.05) is 0 Å². The van der Waals surface area contributed by atoms with Crippen molar-refractivity contribution in [2.75, 3.05) is 18.1 Å². The van der Waals surface area contributed by atoms with Gasteiger partial charge in [0, 0.05) is 12.1 Å². The number of benzene rings is 1. The standard InChI is InChI=1S/C18H27NOS/c1-14-5-3-4-6-16(14)17(2,19)15-7-10-20-18(13-15)8-11-21-12-9-18/h3-6,15H,7-13,19H2,1-2H3. The molecule has 0 radical (unpaired) electrons. The molecule has 2 unspecified atom stereocenters. The number of rotatable bonds is 2. The Morgan fingerprint density at radius 2 is 2.00 bits per heavy atom. The van der Waals surface area contributed by atoms with E-state index in [0.29, 0.717) is 5.92 Å². The van der Waals surface area contributed by atoms with E-state index in [1.165, 1.54) is 35.5 Å². The Morgan fingerprint density at radius 1 is 1.29 bits per heavy atom. The van der Waals surface area contributed by atoms with Gasteiger partial charge in [0.1, 0.15) is 0 Å². The number of ether oxygens (including phenoxy) is 1. The lowest BCUT2D eigenvalue weighted by molar-refractivity contribution is -0.113. The fourth-order valence-electron chi connectivity index (χ4n) is 4.03. The Labute approximate surface area is 132 Å². The van der Waals surface area contributed by atoms with Crippen LogP contribution in [0.2, 0.25) is 0 Å². The monoisotopic (exact) mass is 305 g/mol. The summed E-state index contributed by atoms with van der Waals surface area (Å²) in [4.78, 5) is 0. The van der Waals surface area contributed by atoms with Crippen molar-refractivity contribution < 1.29 is 4.74 Å². The summed E-state index contributed by atoms with van der Waals surface area (Å²) in [5, 5.41) is 0. The van der Waals surface area contributed by atoms with Gasteiger partial charge in [-0.1, -0.05) is 24.3 Å². The molecule has 0 amide bonds. The third-order valence-electron chi connectivity index (χ3n) is 5.47. The normalized spacial score (nSPS) is 28.2. The van der Waals surface area contributed by atoms with Gasteiger partial charge in [-0.2, -0.15) is 11.8 Å². The van der Waals surface area contributed by atoms with E-state index in [4.69, 9.17) is 10.5 Å². The summed E-state index contributed by atoms with van der Waals surface area (Å²) >= 11 is 2.06. The Hall–Kier alpha value is -0.510. The first kappa shape index (κ1) is 15.4. The second-order valence-corrected chi connectivity index (χ2v) is 8.16. The van der Waals surface area contributed by atoms with E-state index in [9.17, 15) is 0 Å². The van der Waals surface area contributed by atoms with Gasteiger partial charge in [0.05, 0.1) is 5.60 Å². The van der Waals surface area contributed by atoms with Crippen LogP contribution in [0.4, 0.5) is 0 Å². The van der Waals surface area contributed by atoms with Crippen LogP contribution in [0.15, 0.2) is 24.3 Å². The van der Waals surface area contributed by atoms with Gasteiger partial charge < -0.3 is 10.5 Å². The molecule has 2 N–H and O–H groups in total. The molecule has 2 heterocycles. The predicted octanol–water partition coefficient (Wildman–Crippen LogP) is 3.86. The van der Waals surface area contributed by atoms with Crippen LogP contribution >= 0.6 is 11.8 Å². The first-order valence-electron chi connectivity index (χ1n) is 8.10. The minimum absolute atomic E-state index is 0.109. The zero-order chi connectivity index (χ0) is 14.9. The highest BCUT2D eigenvalue weighted by molar-refractivity contribution is 7.99. The Bertz CT molecular complexity index is 488. The molecule has 3 rings (SSSR count). The molecule has 2 nitrogen and oxygen atoms in total. The van der Waals surface area contributed by atoms with Crippen molar-refractivity contribution in [1.82, 2.24) is 0 Å². The molecular weight excluding hydrogens is 278 g/mol. The lowest BCUT2D eigenvalue weighted by Gasteiger charge is -2.48. The van der Waals surface area contributed by atoms with Crippen molar-refractivity contribution in [3.05, 3.63) is 35.4 Å². The Morgan fingerprint density at radius 3 is 2.71 bits per heavy atom. The highest BCUT2D eigenvalue weighted by Crippen LogP contribution is 2.45. The van der Waals surface area contributed by atoms with Gasteiger partial charge in [-0.05, 0) is 68.1 Å². The molecule has 2 aliphatic heterocycles. The third-order valence-corrected chi connectivity index (χ3v) is 6.46. The molecule has 1 aromatic rings. The van der Waals surface area contributed by atoms with Crippen molar-refractivity contribution in [2.45, 2.75) is 50.7 Å². The number of hydrogen-bond donors (Lipinski definition) is 1. The van der Waals surface area contributed by atoms with Crippen LogP contribution in [0.3, 0.4) is 0 Å². The lowest BCUT2D eigenvalue weighted by Crippen LogP contribution is -2.51. The molecule has 116 valence electrons. The number of thioether (sulfide) groups is 1. The molecule has 2 aliphatic rings. The summed E-state index contributed by atoms with van der Waals surface area (Å²) in [6.45, 7) is 5.26. The first-order valence-corrected chi connectivity index (χ1v) is 9.26. The summed E-state index contributed by atoms with van der Waals surface area (Å²) in [5.74, 6) is 2.98. The second-order valence-electron chi connectivity index (χ2n) is 6.93. The Kier molecular flexibility index (Phi) is 4.35. The van der Waals surface area contributed by atoms with Gasteiger partial charge in [0.2, 0.25) is 0 Å². The van der Waals surface area contributed by atoms with E-state index >= 15 is 0 Å². The van der Waals surface area contributed by atoms with E-state index in [-0.39, 0.29) is 11.1 Å². The van der Waals surface area contributed by atoms with E-state index < -0.39 is 0 Å². The zero-order valence-corrected chi connectivity index (χ0v) is 14.0. The van der Waals surface area contributed by atoms with Gasteiger partial charge in [-0.25, -0.2) is 0 Å². The summed E-state index contributed by atoms with van der Waals surface area (Å²) in [6.07, 6.45) is 4.58. The SMILES string of the molecule is Cc1ccccc1C(C)(N)C1CCOC2(CCSCC2)C1. The lowest BCUT2D eigenvalue weighted by atomic mass is 9.70. The van der Waals surface area contributed by atoms with Gasteiger partial charge in [-0.3, -0.25) is 0 Å². The van der Waals surface area contributed by atoms with Crippen LogP contribution in [-0.4, -0.2) is 23.7 Å². The van der Waals surface area contributed by atoms with E-state index in [2.05, 4.69) is 49.9 Å². The van der Waals surface area contributed by atoms with E-state index in [0.717, 1.165) is 19.4 Å². The minimum Gasteiger partial charge on any atom is -0.375 e. The van der Waals surface area contributed by atoms with Gasteiger partial charge in [0.15, 0.2) is 0 Å². The maximum atomic E-state index is 6.84. The fourth-order valence-corrected chi connectivity index (χ4v) is 5.27. The third kappa shape index (κ3) is 3.01. The highest BCUT2D eigenvalue weighted by Gasteiger charge is 2.44. The quantitative estimate of drug-likeness (QED) is 0.901. The molecule has 21 heavy (non-hydrogen) atoms. The fraction of sp³-hybridized carbons (Fsp3) is 0.667. The topological polar surface area (TPSA) is 35.2 Å². The highest BCUT2D eigenvalue weighted by atomic mass is 32.2. The molecule has 1 aromatic carbocycles. The molecule has 0 bridgehead atoms. The number of nitrogens with two attached hydrogens (primary N) is 1. The molecule has 2 atom stereocenters. The Balaban J connectivity index is 1.83. The number of aryl methyl sites for hydroxylation is 1. The van der Waals surface area contributed by atoms with Crippen LogP contribution in [0.25, 0.3) is 0 Å².